The molecule has 3 aromatic heterocycles. The van der Waals surface area contributed by atoms with Crippen LogP contribution >= 0.6 is 0 Å². The van der Waals surface area contributed by atoms with Gasteiger partial charge in [-0.25, -0.2) is 9.67 Å². The molecule has 4 rings (SSSR count). The molecule has 0 aromatic carbocycles. The highest BCUT2D eigenvalue weighted by atomic mass is 16.5. The molecule has 1 amide bonds. The Morgan fingerprint density at radius 3 is 2.74 bits per heavy atom. The van der Waals surface area contributed by atoms with Gasteiger partial charge < -0.3 is 9.64 Å². The van der Waals surface area contributed by atoms with Gasteiger partial charge in [-0.15, -0.1) is 0 Å². The fourth-order valence-electron chi connectivity index (χ4n) is 3.24. The van der Waals surface area contributed by atoms with Gasteiger partial charge in [0.25, 0.3) is 5.91 Å². The highest BCUT2D eigenvalue weighted by molar-refractivity contribution is 5.95. The number of ether oxygens (including phenoxy) is 1. The summed E-state index contributed by atoms with van der Waals surface area (Å²) >= 11 is 0. The van der Waals surface area contributed by atoms with Gasteiger partial charge in [0.1, 0.15) is 0 Å². The topological polar surface area (TPSA) is 73.1 Å². The molecule has 0 radical (unpaired) electrons. The van der Waals surface area contributed by atoms with Gasteiger partial charge in [-0.05, 0) is 37.6 Å². The van der Waals surface area contributed by atoms with E-state index >= 15 is 0 Å². The predicted molar refractivity (Wildman–Crippen MR) is 99.4 cm³/mol. The molecule has 1 aliphatic heterocycles. The lowest BCUT2D eigenvalue weighted by molar-refractivity contribution is 0.0422. The average molecular weight is 363 g/mol. The zero-order chi connectivity index (χ0) is 18.6. The van der Waals surface area contributed by atoms with Gasteiger partial charge in [0.15, 0.2) is 5.82 Å². The third-order valence-electron chi connectivity index (χ3n) is 4.73. The smallest absolute Gasteiger partial charge is 0.257 e. The summed E-state index contributed by atoms with van der Waals surface area (Å²) in [6.07, 6.45) is 5.94. The van der Waals surface area contributed by atoms with Crippen molar-refractivity contribution in [2.24, 2.45) is 0 Å². The van der Waals surface area contributed by atoms with Crippen LogP contribution in [0.1, 0.15) is 28.2 Å². The van der Waals surface area contributed by atoms with Gasteiger partial charge >= 0.3 is 0 Å². The van der Waals surface area contributed by atoms with Crippen molar-refractivity contribution < 1.29 is 9.53 Å². The van der Waals surface area contributed by atoms with Crippen LogP contribution in [0.4, 0.5) is 0 Å². The summed E-state index contributed by atoms with van der Waals surface area (Å²) in [6.45, 7) is 3.62. The van der Waals surface area contributed by atoms with Crippen LogP contribution in [-0.2, 0) is 11.3 Å². The monoisotopic (exact) mass is 363 g/mol. The third kappa shape index (κ3) is 3.73. The summed E-state index contributed by atoms with van der Waals surface area (Å²) in [7, 11) is 0. The highest BCUT2D eigenvalue weighted by Crippen LogP contribution is 2.20. The molecule has 0 bridgehead atoms. The van der Waals surface area contributed by atoms with E-state index < -0.39 is 0 Å². The standard InChI is InChI=1S/C20H21N5O2/c1-15-18(12-23-25(15)19-7-3-5-10-22-19)20(26)24-11-8-17(13-24)27-14-16-6-2-4-9-21-16/h2-7,9-10,12,17H,8,11,13-14H2,1H3. The number of carbonyl (C=O) groups is 1. The highest BCUT2D eigenvalue weighted by Gasteiger charge is 2.29. The van der Waals surface area contributed by atoms with Gasteiger partial charge in [0.05, 0.1) is 35.9 Å². The number of hydrogen-bond acceptors (Lipinski definition) is 5. The van der Waals surface area contributed by atoms with Crippen molar-refractivity contribution >= 4 is 5.91 Å². The van der Waals surface area contributed by atoms with E-state index in [1.807, 2.05) is 48.2 Å². The quantitative estimate of drug-likeness (QED) is 0.696. The van der Waals surface area contributed by atoms with Crippen LogP contribution in [0.15, 0.2) is 55.0 Å². The largest absolute Gasteiger partial charge is 0.370 e. The zero-order valence-electron chi connectivity index (χ0n) is 15.2. The van der Waals surface area contributed by atoms with E-state index in [1.54, 1.807) is 23.3 Å². The Kier molecular flexibility index (Phi) is 4.93. The lowest BCUT2D eigenvalue weighted by Crippen LogP contribution is -2.30. The number of nitrogens with zero attached hydrogens (tertiary/aromatic N) is 5. The van der Waals surface area contributed by atoms with Gasteiger partial charge in [0.2, 0.25) is 0 Å². The summed E-state index contributed by atoms with van der Waals surface area (Å²) in [5.41, 5.74) is 2.29. The molecule has 1 fully saturated rings. The number of hydrogen-bond donors (Lipinski definition) is 0. The lowest BCUT2D eigenvalue weighted by Gasteiger charge is -2.16. The minimum Gasteiger partial charge on any atom is -0.370 e. The molecule has 3 aromatic rings. The number of carbonyl (C=O) groups excluding carboxylic acids is 1. The fraction of sp³-hybridized carbons (Fsp3) is 0.300. The van der Waals surface area contributed by atoms with Gasteiger partial charge in [0, 0.05) is 25.5 Å². The Bertz CT molecular complexity index is 911. The minimum absolute atomic E-state index is 0.0152. The Morgan fingerprint density at radius 1 is 1.19 bits per heavy atom. The van der Waals surface area contributed by atoms with Gasteiger partial charge in [-0.1, -0.05) is 12.1 Å². The van der Waals surface area contributed by atoms with E-state index in [0.29, 0.717) is 31.1 Å². The maximum Gasteiger partial charge on any atom is 0.257 e. The molecule has 1 aliphatic rings. The molecule has 1 atom stereocenters. The molecule has 0 aliphatic carbocycles. The van der Waals surface area contributed by atoms with Crippen LogP contribution in [0.25, 0.3) is 5.82 Å². The second-order valence-corrected chi connectivity index (χ2v) is 6.54. The molecule has 7 heteroatoms. The van der Waals surface area contributed by atoms with E-state index in [0.717, 1.165) is 17.8 Å². The number of amides is 1. The molecule has 138 valence electrons. The number of rotatable bonds is 5. The summed E-state index contributed by atoms with van der Waals surface area (Å²) in [5.74, 6) is 0.686. The number of aromatic nitrogens is 4. The Hall–Kier alpha value is -3.06. The molecule has 4 heterocycles. The SMILES string of the molecule is Cc1c(C(=O)N2CCC(OCc3ccccn3)C2)cnn1-c1ccccn1. The van der Waals surface area contributed by atoms with E-state index in [2.05, 4.69) is 15.1 Å². The summed E-state index contributed by atoms with van der Waals surface area (Å²) < 4.78 is 7.62. The number of pyridine rings is 2. The van der Waals surface area contributed by atoms with Crippen LogP contribution in [0, 0.1) is 6.92 Å². The van der Waals surface area contributed by atoms with E-state index in [-0.39, 0.29) is 12.0 Å². The molecule has 0 saturated carbocycles. The maximum atomic E-state index is 12.9. The van der Waals surface area contributed by atoms with E-state index in [4.69, 9.17) is 4.74 Å². The van der Waals surface area contributed by atoms with E-state index in [1.165, 1.54) is 0 Å². The van der Waals surface area contributed by atoms with Crippen molar-refractivity contribution in [3.63, 3.8) is 0 Å². The van der Waals surface area contributed by atoms with E-state index in [9.17, 15) is 4.79 Å². The predicted octanol–water partition coefficient (Wildman–Crippen LogP) is 2.40. The minimum atomic E-state index is -0.0152. The Balaban J connectivity index is 1.40. The Morgan fingerprint density at radius 2 is 2.00 bits per heavy atom. The summed E-state index contributed by atoms with van der Waals surface area (Å²) in [6, 6.07) is 11.4. The molecule has 1 unspecified atom stereocenters. The van der Waals surface area contributed by atoms with Crippen molar-refractivity contribution in [2.45, 2.75) is 26.1 Å². The lowest BCUT2D eigenvalue weighted by atomic mass is 10.2. The van der Waals surface area contributed by atoms with Gasteiger partial charge in [-0.2, -0.15) is 5.10 Å². The van der Waals surface area contributed by atoms with Crippen LogP contribution < -0.4 is 0 Å². The Labute approximate surface area is 157 Å². The third-order valence-corrected chi connectivity index (χ3v) is 4.73. The van der Waals surface area contributed by atoms with Crippen molar-refractivity contribution in [1.82, 2.24) is 24.6 Å². The van der Waals surface area contributed by atoms with Gasteiger partial charge in [-0.3, -0.25) is 9.78 Å². The first-order valence-electron chi connectivity index (χ1n) is 8.99. The number of likely N-dealkylation sites (tertiary alicyclic amines) is 1. The average Bonchev–Trinajstić information content (AvgIpc) is 3.34. The first kappa shape index (κ1) is 17.4. The molecule has 1 saturated heterocycles. The van der Waals surface area contributed by atoms with Crippen LogP contribution in [0.3, 0.4) is 0 Å². The first-order valence-corrected chi connectivity index (χ1v) is 8.99. The van der Waals surface area contributed by atoms with Crippen molar-refractivity contribution in [3.05, 3.63) is 71.9 Å². The molecule has 0 spiro atoms. The van der Waals surface area contributed by atoms with Crippen LogP contribution in [0.2, 0.25) is 0 Å². The molecular weight excluding hydrogens is 342 g/mol. The van der Waals surface area contributed by atoms with Crippen molar-refractivity contribution in [1.29, 1.82) is 0 Å². The van der Waals surface area contributed by atoms with Crippen molar-refractivity contribution in [2.75, 3.05) is 13.1 Å². The van der Waals surface area contributed by atoms with Crippen LogP contribution in [-0.4, -0.2) is 49.7 Å². The normalized spacial score (nSPS) is 16.6. The molecule has 27 heavy (non-hydrogen) atoms. The molecule has 0 N–H and O–H groups in total. The second-order valence-electron chi connectivity index (χ2n) is 6.54. The first-order chi connectivity index (χ1) is 13.2. The summed E-state index contributed by atoms with van der Waals surface area (Å²) in [5, 5.41) is 4.34. The molecular formula is C20H21N5O2. The summed E-state index contributed by atoms with van der Waals surface area (Å²) in [4.78, 5) is 23.3. The maximum absolute atomic E-state index is 12.9. The van der Waals surface area contributed by atoms with Crippen molar-refractivity contribution in [3.8, 4) is 5.82 Å². The van der Waals surface area contributed by atoms with Crippen LogP contribution in [0.5, 0.6) is 0 Å². The fourth-order valence-corrected chi connectivity index (χ4v) is 3.24. The second kappa shape index (κ2) is 7.67. The molecule has 7 nitrogen and oxygen atoms in total. The zero-order valence-corrected chi connectivity index (χ0v) is 15.2.